The molecule has 1 saturated carbocycles. The smallest absolute Gasteiger partial charge is 0.221 e. The van der Waals surface area contributed by atoms with E-state index >= 15 is 0 Å². The van der Waals surface area contributed by atoms with Gasteiger partial charge in [-0.25, -0.2) is 14.6 Å². The largest absolute Gasteiger partial charge is 0.324 e. The van der Waals surface area contributed by atoms with E-state index in [2.05, 4.69) is 49.2 Å². The third kappa shape index (κ3) is 3.42. The summed E-state index contributed by atoms with van der Waals surface area (Å²) in [5.41, 5.74) is 5.25. The molecule has 1 unspecified atom stereocenters. The van der Waals surface area contributed by atoms with Gasteiger partial charge in [-0.3, -0.25) is 4.68 Å². The Morgan fingerprint density at radius 1 is 1.16 bits per heavy atom. The minimum Gasteiger partial charge on any atom is -0.324 e. The summed E-state index contributed by atoms with van der Waals surface area (Å²) in [5.74, 6) is 0. The molecule has 6 rings (SSSR count). The molecule has 1 aliphatic rings. The highest BCUT2D eigenvalue weighted by atomic mass is 31.2. The van der Waals surface area contributed by atoms with Gasteiger partial charge in [-0.1, -0.05) is 17.7 Å². The van der Waals surface area contributed by atoms with Gasteiger partial charge in [-0.05, 0) is 43.3 Å². The Morgan fingerprint density at radius 3 is 2.91 bits per heavy atom. The van der Waals surface area contributed by atoms with Crippen LogP contribution < -0.4 is 0 Å². The second-order valence-corrected chi connectivity index (χ2v) is 12.1. The second kappa shape index (κ2) is 7.38. The quantitative estimate of drug-likeness (QED) is 0.367. The Labute approximate surface area is 184 Å². The number of rotatable bonds is 6. The first-order chi connectivity index (χ1) is 15.5. The molecule has 0 spiro atoms. The van der Waals surface area contributed by atoms with E-state index in [1.54, 1.807) is 21.8 Å². The van der Waals surface area contributed by atoms with Crippen LogP contribution in [0.3, 0.4) is 0 Å². The predicted octanol–water partition coefficient (Wildman–Crippen LogP) is 3.89. The molecular formula is C22H23N8OP. The standard InChI is InChI=1S/C22H23N8OP/c1-32(31,19-5-2-6-19)15-29-14-17(10-24-29)20-11-23-21-22(25-20)30(27-26-21)13-16-7-8-18-4-3-9-28(18)12-16/h3-4,7-12,14,19H,2,5-6,13,15H2,1H3. The Bertz CT molecular complexity index is 1480. The fourth-order valence-corrected chi connectivity index (χ4v) is 6.67. The topological polar surface area (TPSA) is 95.8 Å². The molecule has 0 N–H and O–H groups in total. The molecule has 162 valence electrons. The summed E-state index contributed by atoms with van der Waals surface area (Å²) in [5, 5.41) is 12.9. The number of pyridine rings is 1. The summed E-state index contributed by atoms with van der Waals surface area (Å²) in [4.78, 5) is 9.21. The Morgan fingerprint density at radius 2 is 2.06 bits per heavy atom. The maximum absolute atomic E-state index is 13.0. The maximum atomic E-state index is 13.0. The molecule has 0 bridgehead atoms. The molecule has 9 nitrogen and oxygen atoms in total. The summed E-state index contributed by atoms with van der Waals surface area (Å²) in [7, 11) is -2.25. The summed E-state index contributed by atoms with van der Waals surface area (Å²) in [6, 6.07) is 8.24. The second-order valence-electron chi connectivity index (χ2n) is 8.70. The maximum Gasteiger partial charge on any atom is 0.221 e. The van der Waals surface area contributed by atoms with E-state index in [0.717, 1.165) is 29.5 Å². The lowest BCUT2D eigenvalue weighted by Crippen LogP contribution is -2.20. The Hall–Kier alpha value is -3.32. The van der Waals surface area contributed by atoms with E-state index in [0.29, 0.717) is 35.5 Å². The highest BCUT2D eigenvalue weighted by molar-refractivity contribution is 7.62. The van der Waals surface area contributed by atoms with Crippen molar-refractivity contribution in [1.29, 1.82) is 0 Å². The molecule has 1 atom stereocenters. The van der Waals surface area contributed by atoms with E-state index in [1.807, 2.05) is 25.1 Å². The van der Waals surface area contributed by atoms with E-state index < -0.39 is 7.14 Å². The van der Waals surface area contributed by atoms with Gasteiger partial charge in [-0.2, -0.15) is 5.10 Å². The van der Waals surface area contributed by atoms with Crippen LogP contribution in [-0.4, -0.2) is 51.5 Å². The zero-order valence-electron chi connectivity index (χ0n) is 17.7. The van der Waals surface area contributed by atoms with Gasteiger partial charge in [0, 0.05) is 35.3 Å². The zero-order valence-corrected chi connectivity index (χ0v) is 18.6. The third-order valence-electron chi connectivity index (χ3n) is 6.35. The number of nitrogens with zero attached hydrogens (tertiary/aromatic N) is 8. The number of aromatic nitrogens is 8. The van der Waals surface area contributed by atoms with Crippen molar-refractivity contribution in [2.45, 2.75) is 37.8 Å². The molecule has 0 aliphatic heterocycles. The minimum atomic E-state index is -2.25. The first kappa shape index (κ1) is 19.4. The van der Waals surface area contributed by atoms with Gasteiger partial charge >= 0.3 is 0 Å². The van der Waals surface area contributed by atoms with Crippen molar-refractivity contribution in [3.05, 3.63) is 60.8 Å². The average Bonchev–Trinajstić information content (AvgIpc) is 3.45. The Kier molecular flexibility index (Phi) is 4.47. The van der Waals surface area contributed by atoms with Crippen molar-refractivity contribution < 1.29 is 4.57 Å². The molecule has 0 saturated heterocycles. The molecule has 10 heteroatoms. The van der Waals surface area contributed by atoms with Gasteiger partial charge < -0.3 is 8.97 Å². The van der Waals surface area contributed by atoms with Crippen LogP contribution in [0.2, 0.25) is 0 Å². The van der Waals surface area contributed by atoms with Gasteiger partial charge in [0.05, 0.1) is 30.9 Å². The highest BCUT2D eigenvalue weighted by Crippen LogP contribution is 2.56. The Balaban J connectivity index is 1.28. The molecule has 0 aromatic carbocycles. The molecule has 0 radical (unpaired) electrons. The lowest BCUT2D eigenvalue weighted by atomic mass is 10.00. The molecule has 0 amide bonds. The molecule has 1 fully saturated rings. The van der Waals surface area contributed by atoms with Crippen LogP contribution in [-0.2, 0) is 17.4 Å². The molecule has 5 aromatic heterocycles. The van der Waals surface area contributed by atoms with Gasteiger partial charge in [-0.15, -0.1) is 5.10 Å². The number of hydrogen-bond acceptors (Lipinski definition) is 6. The lowest BCUT2D eigenvalue weighted by Gasteiger charge is -2.31. The van der Waals surface area contributed by atoms with E-state index in [9.17, 15) is 4.57 Å². The van der Waals surface area contributed by atoms with Gasteiger partial charge in [0.1, 0.15) is 7.14 Å². The van der Waals surface area contributed by atoms with Crippen LogP contribution in [0.1, 0.15) is 24.8 Å². The van der Waals surface area contributed by atoms with Crippen LogP contribution >= 0.6 is 7.14 Å². The van der Waals surface area contributed by atoms with E-state index in [4.69, 9.17) is 4.98 Å². The molecule has 32 heavy (non-hydrogen) atoms. The van der Waals surface area contributed by atoms with Crippen LogP contribution in [0.15, 0.2) is 55.2 Å². The van der Waals surface area contributed by atoms with E-state index in [1.165, 1.54) is 6.42 Å². The first-order valence-electron chi connectivity index (χ1n) is 10.8. The van der Waals surface area contributed by atoms with Gasteiger partial charge in [0.15, 0.2) is 5.65 Å². The fourth-order valence-electron chi connectivity index (χ4n) is 4.26. The third-order valence-corrected chi connectivity index (χ3v) is 9.26. The van der Waals surface area contributed by atoms with Gasteiger partial charge in [0.25, 0.3) is 0 Å². The van der Waals surface area contributed by atoms with Crippen molar-refractivity contribution in [1.82, 2.24) is 39.1 Å². The van der Waals surface area contributed by atoms with Crippen LogP contribution in [0, 0.1) is 0 Å². The summed E-state index contributed by atoms with van der Waals surface area (Å²) in [6.07, 6.45) is 13.2. The summed E-state index contributed by atoms with van der Waals surface area (Å²) in [6.45, 7) is 2.45. The predicted molar refractivity (Wildman–Crippen MR) is 122 cm³/mol. The number of fused-ring (bicyclic) bond motifs is 2. The summed E-state index contributed by atoms with van der Waals surface area (Å²) < 4.78 is 18.6. The lowest BCUT2D eigenvalue weighted by molar-refractivity contribution is 0.470. The monoisotopic (exact) mass is 446 g/mol. The first-order valence-corrected chi connectivity index (χ1v) is 13.2. The molecule has 5 aromatic rings. The SMILES string of the molecule is CP(=O)(Cn1cc(-c2cnc3nnn(Cc4ccc5cccn5c4)c3n2)cn1)C1CCC1. The number of hydrogen-bond donors (Lipinski definition) is 0. The normalized spacial score (nSPS) is 16.4. The van der Waals surface area contributed by atoms with Crippen molar-refractivity contribution in [2.75, 3.05) is 6.66 Å². The van der Waals surface area contributed by atoms with E-state index in [-0.39, 0.29) is 0 Å². The van der Waals surface area contributed by atoms with Crippen molar-refractivity contribution in [2.24, 2.45) is 0 Å². The molecular weight excluding hydrogens is 423 g/mol. The fraction of sp³-hybridized carbons (Fsp3) is 0.318. The highest BCUT2D eigenvalue weighted by Gasteiger charge is 2.33. The van der Waals surface area contributed by atoms with Crippen molar-refractivity contribution in [3.63, 3.8) is 0 Å². The van der Waals surface area contributed by atoms with Crippen LogP contribution in [0.25, 0.3) is 28.1 Å². The minimum absolute atomic E-state index is 0.345. The van der Waals surface area contributed by atoms with Gasteiger partial charge in [0.2, 0.25) is 5.65 Å². The van der Waals surface area contributed by atoms with Crippen LogP contribution in [0.4, 0.5) is 0 Å². The van der Waals surface area contributed by atoms with Crippen molar-refractivity contribution >= 4 is 24.0 Å². The zero-order chi connectivity index (χ0) is 21.7. The molecule has 1 aliphatic carbocycles. The molecule has 5 heterocycles. The van der Waals surface area contributed by atoms with Crippen LogP contribution in [0.5, 0.6) is 0 Å². The summed E-state index contributed by atoms with van der Waals surface area (Å²) >= 11 is 0. The average molecular weight is 446 g/mol. The van der Waals surface area contributed by atoms with Crippen molar-refractivity contribution in [3.8, 4) is 11.3 Å².